The molecule has 4 aromatic rings. The molecule has 1 aliphatic heterocycles. The third kappa shape index (κ3) is 4.01. The number of pyridine rings is 1. The normalized spacial score (nSPS) is 15.0. The lowest BCUT2D eigenvalue weighted by Gasteiger charge is -2.18. The number of ether oxygens (including phenoxy) is 2. The SMILES string of the molecule is COc1ccc(COCC2CCc3nc(-c4ccccc4Cl)c(-c4ccncc4)n32)cc1. The van der Waals surface area contributed by atoms with Crippen molar-refractivity contribution in [2.45, 2.75) is 25.5 Å². The van der Waals surface area contributed by atoms with Gasteiger partial charge in [-0.25, -0.2) is 4.98 Å². The molecule has 3 heterocycles. The Morgan fingerprint density at radius 2 is 1.81 bits per heavy atom. The van der Waals surface area contributed by atoms with Crippen LogP contribution in [0.1, 0.15) is 23.9 Å². The number of aromatic nitrogens is 3. The van der Waals surface area contributed by atoms with E-state index in [0.29, 0.717) is 18.2 Å². The van der Waals surface area contributed by atoms with Gasteiger partial charge >= 0.3 is 0 Å². The van der Waals surface area contributed by atoms with Crippen LogP contribution in [0.3, 0.4) is 0 Å². The first-order chi connectivity index (χ1) is 15.7. The molecule has 0 radical (unpaired) electrons. The van der Waals surface area contributed by atoms with Crippen molar-refractivity contribution in [3.63, 3.8) is 0 Å². The van der Waals surface area contributed by atoms with Gasteiger partial charge in [0.25, 0.3) is 0 Å². The van der Waals surface area contributed by atoms with Gasteiger partial charge in [0.1, 0.15) is 11.6 Å². The van der Waals surface area contributed by atoms with E-state index in [1.54, 1.807) is 7.11 Å². The van der Waals surface area contributed by atoms with Crippen LogP contribution in [0.2, 0.25) is 5.02 Å². The van der Waals surface area contributed by atoms with Gasteiger partial charge in [0, 0.05) is 29.9 Å². The maximum atomic E-state index is 6.56. The van der Waals surface area contributed by atoms with Crippen molar-refractivity contribution in [3.05, 3.63) is 89.5 Å². The minimum absolute atomic E-state index is 0.218. The zero-order valence-corrected chi connectivity index (χ0v) is 18.6. The fourth-order valence-electron chi connectivity index (χ4n) is 4.29. The molecule has 1 atom stereocenters. The Morgan fingerprint density at radius 1 is 1.03 bits per heavy atom. The van der Waals surface area contributed by atoms with E-state index in [1.807, 2.05) is 73.1 Å². The number of imidazole rings is 1. The Balaban J connectivity index is 1.44. The summed E-state index contributed by atoms with van der Waals surface area (Å²) in [6, 6.07) is 20.1. The minimum Gasteiger partial charge on any atom is -0.497 e. The van der Waals surface area contributed by atoms with E-state index < -0.39 is 0 Å². The van der Waals surface area contributed by atoms with Gasteiger partial charge in [0.2, 0.25) is 0 Å². The van der Waals surface area contributed by atoms with Crippen LogP contribution in [0.5, 0.6) is 5.75 Å². The van der Waals surface area contributed by atoms with Crippen molar-refractivity contribution < 1.29 is 9.47 Å². The zero-order chi connectivity index (χ0) is 21.9. The second kappa shape index (κ2) is 9.15. The highest BCUT2D eigenvalue weighted by molar-refractivity contribution is 6.33. The fraction of sp³-hybridized carbons (Fsp3) is 0.231. The number of methoxy groups -OCH3 is 1. The van der Waals surface area contributed by atoms with E-state index in [4.69, 9.17) is 26.1 Å². The second-order valence-electron chi connectivity index (χ2n) is 7.87. The number of hydrogen-bond acceptors (Lipinski definition) is 4. The molecule has 1 aliphatic rings. The maximum Gasteiger partial charge on any atom is 0.118 e. The van der Waals surface area contributed by atoms with Crippen LogP contribution >= 0.6 is 11.6 Å². The molecular weight excluding hydrogens is 422 g/mol. The molecule has 1 unspecified atom stereocenters. The van der Waals surface area contributed by atoms with Crippen LogP contribution in [0.4, 0.5) is 0 Å². The van der Waals surface area contributed by atoms with Gasteiger partial charge in [-0.2, -0.15) is 0 Å². The van der Waals surface area contributed by atoms with E-state index in [1.165, 1.54) is 0 Å². The standard InChI is InChI=1S/C26H24ClN3O2/c1-31-21-9-6-18(7-10-21)16-32-17-20-8-11-24-29-25(22-4-2-3-5-23(22)27)26(30(20)24)19-12-14-28-15-13-19/h2-7,9-10,12-15,20H,8,11,16-17H2,1H3. The maximum absolute atomic E-state index is 6.56. The Kier molecular flexibility index (Phi) is 5.93. The summed E-state index contributed by atoms with van der Waals surface area (Å²) in [6.45, 7) is 1.18. The molecule has 0 aliphatic carbocycles. The van der Waals surface area contributed by atoms with E-state index in [0.717, 1.165) is 52.5 Å². The minimum atomic E-state index is 0.218. The van der Waals surface area contributed by atoms with Gasteiger partial charge in [-0.15, -0.1) is 0 Å². The molecule has 5 nitrogen and oxygen atoms in total. The number of fused-ring (bicyclic) bond motifs is 1. The lowest BCUT2D eigenvalue weighted by molar-refractivity contribution is 0.0925. The van der Waals surface area contributed by atoms with Crippen LogP contribution < -0.4 is 4.74 Å². The lowest BCUT2D eigenvalue weighted by Crippen LogP contribution is -2.13. The Bertz CT molecular complexity index is 1210. The molecule has 5 rings (SSSR count). The zero-order valence-electron chi connectivity index (χ0n) is 17.9. The summed E-state index contributed by atoms with van der Waals surface area (Å²) < 4.78 is 13.7. The number of rotatable bonds is 7. The summed E-state index contributed by atoms with van der Waals surface area (Å²) in [5, 5.41) is 0.701. The van der Waals surface area contributed by atoms with Crippen molar-refractivity contribution in [2.75, 3.05) is 13.7 Å². The Hall–Kier alpha value is -3.15. The van der Waals surface area contributed by atoms with Crippen molar-refractivity contribution >= 4 is 11.6 Å². The molecule has 0 N–H and O–H groups in total. The molecule has 2 aromatic carbocycles. The predicted molar refractivity (Wildman–Crippen MR) is 126 cm³/mol. The predicted octanol–water partition coefficient (Wildman–Crippen LogP) is 5.98. The fourth-order valence-corrected chi connectivity index (χ4v) is 4.52. The number of halogens is 1. The highest BCUT2D eigenvalue weighted by Crippen LogP contribution is 2.41. The number of aryl methyl sites for hydroxylation is 1. The van der Waals surface area contributed by atoms with Crippen molar-refractivity contribution in [1.82, 2.24) is 14.5 Å². The van der Waals surface area contributed by atoms with Gasteiger partial charge in [0.05, 0.1) is 42.8 Å². The van der Waals surface area contributed by atoms with Gasteiger partial charge in [-0.05, 0) is 42.3 Å². The van der Waals surface area contributed by atoms with Gasteiger partial charge in [-0.1, -0.05) is 41.9 Å². The number of nitrogens with zero attached hydrogens (tertiary/aromatic N) is 3. The van der Waals surface area contributed by atoms with Crippen LogP contribution in [0, 0.1) is 0 Å². The quantitative estimate of drug-likeness (QED) is 0.351. The largest absolute Gasteiger partial charge is 0.497 e. The summed E-state index contributed by atoms with van der Waals surface area (Å²) in [6.07, 6.45) is 5.55. The summed E-state index contributed by atoms with van der Waals surface area (Å²) >= 11 is 6.56. The summed E-state index contributed by atoms with van der Waals surface area (Å²) in [4.78, 5) is 9.22. The molecule has 2 aromatic heterocycles. The Labute approximate surface area is 192 Å². The molecule has 0 fully saturated rings. The summed E-state index contributed by atoms with van der Waals surface area (Å²) in [5.41, 5.74) is 5.14. The number of hydrogen-bond donors (Lipinski definition) is 0. The molecule has 6 heteroatoms. The summed E-state index contributed by atoms with van der Waals surface area (Å²) in [7, 11) is 1.67. The first-order valence-corrected chi connectivity index (χ1v) is 11.1. The van der Waals surface area contributed by atoms with E-state index in [9.17, 15) is 0 Å². The average molecular weight is 446 g/mol. The molecule has 0 bridgehead atoms. The van der Waals surface area contributed by atoms with Crippen molar-refractivity contribution in [2.24, 2.45) is 0 Å². The second-order valence-corrected chi connectivity index (χ2v) is 8.27. The smallest absolute Gasteiger partial charge is 0.118 e. The molecule has 0 saturated carbocycles. The molecule has 0 saturated heterocycles. The third-order valence-corrected chi connectivity index (χ3v) is 6.20. The average Bonchev–Trinajstić information content (AvgIpc) is 3.40. The molecular formula is C26H24ClN3O2. The van der Waals surface area contributed by atoms with Crippen molar-refractivity contribution in [1.29, 1.82) is 0 Å². The van der Waals surface area contributed by atoms with Crippen LogP contribution in [0.25, 0.3) is 22.5 Å². The number of benzene rings is 2. The van der Waals surface area contributed by atoms with Gasteiger partial charge in [-0.3, -0.25) is 4.98 Å². The highest BCUT2D eigenvalue weighted by atomic mass is 35.5. The molecule has 0 spiro atoms. The molecule has 162 valence electrons. The van der Waals surface area contributed by atoms with Crippen LogP contribution in [-0.4, -0.2) is 28.3 Å². The highest BCUT2D eigenvalue weighted by Gasteiger charge is 2.30. The van der Waals surface area contributed by atoms with Crippen LogP contribution in [0.15, 0.2) is 73.1 Å². The van der Waals surface area contributed by atoms with Gasteiger partial charge < -0.3 is 14.0 Å². The monoisotopic (exact) mass is 445 g/mol. The molecule has 0 amide bonds. The van der Waals surface area contributed by atoms with Crippen molar-refractivity contribution in [3.8, 4) is 28.3 Å². The first-order valence-electron chi connectivity index (χ1n) is 10.7. The first kappa shape index (κ1) is 20.7. The van der Waals surface area contributed by atoms with Crippen LogP contribution in [-0.2, 0) is 17.8 Å². The summed E-state index contributed by atoms with van der Waals surface area (Å²) in [5.74, 6) is 1.92. The van der Waals surface area contributed by atoms with Gasteiger partial charge in [0.15, 0.2) is 0 Å². The van der Waals surface area contributed by atoms with E-state index in [2.05, 4.69) is 9.55 Å². The Morgan fingerprint density at radius 3 is 2.56 bits per heavy atom. The van der Waals surface area contributed by atoms with E-state index in [-0.39, 0.29) is 6.04 Å². The topological polar surface area (TPSA) is 49.2 Å². The third-order valence-electron chi connectivity index (χ3n) is 5.87. The lowest BCUT2D eigenvalue weighted by atomic mass is 10.0. The van der Waals surface area contributed by atoms with E-state index >= 15 is 0 Å². The molecule has 32 heavy (non-hydrogen) atoms.